The predicted octanol–water partition coefficient (Wildman–Crippen LogP) is 4.37. The molecule has 3 heteroatoms. The van der Waals surface area contributed by atoms with Gasteiger partial charge in [-0.05, 0) is 50.6 Å². The topological polar surface area (TPSA) is 30.3 Å². The minimum absolute atomic E-state index is 0.317. The standard InChI is InChI=1S/C23H29N3/c1-19(25(2)3)21-11-9-20(10-12-21)17-26-15-13-23(18-24,14-16-26)22-7-5-4-6-8-22/h4-12,19H,13-17H2,1-3H3. The van der Waals surface area contributed by atoms with Gasteiger partial charge in [-0.3, -0.25) is 4.90 Å². The Labute approximate surface area is 157 Å². The molecule has 0 saturated carbocycles. The highest BCUT2D eigenvalue weighted by atomic mass is 15.1. The molecule has 0 radical (unpaired) electrons. The molecule has 1 heterocycles. The third kappa shape index (κ3) is 3.98. The molecule has 26 heavy (non-hydrogen) atoms. The quantitative estimate of drug-likeness (QED) is 0.805. The van der Waals surface area contributed by atoms with Gasteiger partial charge >= 0.3 is 0 Å². The number of nitriles is 1. The van der Waals surface area contributed by atoms with Crippen molar-refractivity contribution in [3.05, 3.63) is 71.3 Å². The zero-order chi connectivity index (χ0) is 18.6. The van der Waals surface area contributed by atoms with Gasteiger partial charge in [0.25, 0.3) is 0 Å². The number of likely N-dealkylation sites (tertiary alicyclic amines) is 1. The van der Waals surface area contributed by atoms with E-state index in [0.717, 1.165) is 32.5 Å². The van der Waals surface area contributed by atoms with Crippen molar-refractivity contribution in [1.82, 2.24) is 9.80 Å². The molecule has 2 aromatic carbocycles. The maximum Gasteiger partial charge on any atom is 0.0846 e. The Morgan fingerprint density at radius 3 is 2.19 bits per heavy atom. The molecule has 3 nitrogen and oxygen atoms in total. The van der Waals surface area contributed by atoms with Crippen LogP contribution < -0.4 is 0 Å². The Morgan fingerprint density at radius 2 is 1.65 bits per heavy atom. The van der Waals surface area contributed by atoms with E-state index in [2.05, 4.69) is 73.3 Å². The summed E-state index contributed by atoms with van der Waals surface area (Å²) in [4.78, 5) is 4.70. The van der Waals surface area contributed by atoms with Crippen LogP contribution in [0.2, 0.25) is 0 Å². The van der Waals surface area contributed by atoms with E-state index in [1.807, 2.05) is 18.2 Å². The van der Waals surface area contributed by atoms with Crippen molar-refractivity contribution in [3.63, 3.8) is 0 Å². The lowest BCUT2D eigenvalue weighted by molar-refractivity contribution is 0.179. The zero-order valence-electron chi connectivity index (χ0n) is 16.2. The van der Waals surface area contributed by atoms with Gasteiger partial charge in [0.05, 0.1) is 11.5 Å². The fourth-order valence-corrected chi connectivity index (χ4v) is 3.77. The highest BCUT2D eigenvalue weighted by molar-refractivity contribution is 5.33. The van der Waals surface area contributed by atoms with E-state index < -0.39 is 0 Å². The van der Waals surface area contributed by atoms with Crippen molar-refractivity contribution in [3.8, 4) is 6.07 Å². The lowest BCUT2D eigenvalue weighted by Crippen LogP contribution is -2.41. The molecule has 2 aromatic rings. The molecule has 0 bridgehead atoms. The molecule has 0 N–H and O–H groups in total. The van der Waals surface area contributed by atoms with Gasteiger partial charge in [-0.25, -0.2) is 0 Å². The van der Waals surface area contributed by atoms with Crippen LogP contribution in [0.25, 0.3) is 0 Å². The smallest absolute Gasteiger partial charge is 0.0846 e. The minimum Gasteiger partial charge on any atom is -0.303 e. The van der Waals surface area contributed by atoms with Gasteiger partial charge in [0.2, 0.25) is 0 Å². The van der Waals surface area contributed by atoms with Crippen LogP contribution in [0, 0.1) is 11.3 Å². The summed E-state index contributed by atoms with van der Waals surface area (Å²) in [5.41, 5.74) is 3.56. The first kappa shape index (κ1) is 18.6. The van der Waals surface area contributed by atoms with Crippen LogP contribution in [0.15, 0.2) is 54.6 Å². The molecule has 0 amide bonds. The molecule has 0 aliphatic carbocycles. The van der Waals surface area contributed by atoms with Crippen LogP contribution in [0.4, 0.5) is 0 Å². The Bertz CT molecular complexity index is 735. The maximum absolute atomic E-state index is 9.83. The second-order valence-electron chi connectivity index (χ2n) is 7.72. The van der Waals surface area contributed by atoms with Crippen molar-refractivity contribution < 1.29 is 0 Å². The number of piperidine rings is 1. The second kappa shape index (κ2) is 8.03. The van der Waals surface area contributed by atoms with E-state index in [4.69, 9.17) is 0 Å². The molecular weight excluding hydrogens is 318 g/mol. The van der Waals surface area contributed by atoms with Gasteiger partial charge in [0, 0.05) is 25.7 Å². The SMILES string of the molecule is CC(c1ccc(CN2CCC(C#N)(c3ccccc3)CC2)cc1)N(C)C. The van der Waals surface area contributed by atoms with Gasteiger partial charge in [-0.15, -0.1) is 0 Å². The van der Waals surface area contributed by atoms with Crippen LogP contribution in [-0.2, 0) is 12.0 Å². The lowest BCUT2D eigenvalue weighted by Gasteiger charge is -2.37. The van der Waals surface area contributed by atoms with Crippen molar-refractivity contribution in [2.24, 2.45) is 0 Å². The summed E-state index contributed by atoms with van der Waals surface area (Å²) in [6, 6.07) is 22.3. The number of hydrogen-bond acceptors (Lipinski definition) is 3. The van der Waals surface area contributed by atoms with Gasteiger partial charge in [-0.1, -0.05) is 54.6 Å². The van der Waals surface area contributed by atoms with E-state index in [-0.39, 0.29) is 5.41 Å². The monoisotopic (exact) mass is 347 g/mol. The summed E-state index contributed by atoms with van der Waals surface area (Å²) in [7, 11) is 4.22. The molecule has 1 unspecified atom stereocenters. The Hall–Kier alpha value is -2.15. The van der Waals surface area contributed by atoms with Crippen LogP contribution >= 0.6 is 0 Å². The largest absolute Gasteiger partial charge is 0.303 e. The molecule has 0 aromatic heterocycles. The number of nitrogens with zero attached hydrogens (tertiary/aromatic N) is 3. The molecule has 1 atom stereocenters. The normalized spacial score (nSPS) is 18.4. The Kier molecular flexibility index (Phi) is 5.76. The Morgan fingerprint density at radius 1 is 1.04 bits per heavy atom. The van der Waals surface area contributed by atoms with E-state index in [1.54, 1.807) is 0 Å². The highest BCUT2D eigenvalue weighted by Crippen LogP contribution is 2.35. The predicted molar refractivity (Wildman–Crippen MR) is 107 cm³/mol. The van der Waals surface area contributed by atoms with E-state index >= 15 is 0 Å². The summed E-state index contributed by atoms with van der Waals surface area (Å²) in [5.74, 6) is 0. The average molecular weight is 348 g/mol. The molecule has 1 aliphatic rings. The fourth-order valence-electron chi connectivity index (χ4n) is 3.77. The van der Waals surface area contributed by atoms with Crippen molar-refractivity contribution in [2.75, 3.05) is 27.2 Å². The fraction of sp³-hybridized carbons (Fsp3) is 0.435. The molecule has 1 fully saturated rings. The summed E-state index contributed by atoms with van der Waals surface area (Å²) < 4.78 is 0. The van der Waals surface area contributed by atoms with E-state index in [1.165, 1.54) is 16.7 Å². The average Bonchev–Trinajstić information content (AvgIpc) is 2.69. The lowest BCUT2D eigenvalue weighted by atomic mass is 9.74. The molecule has 136 valence electrons. The second-order valence-corrected chi connectivity index (χ2v) is 7.72. The first-order chi connectivity index (χ1) is 12.5. The van der Waals surface area contributed by atoms with Gasteiger partial charge < -0.3 is 4.90 Å². The van der Waals surface area contributed by atoms with Crippen LogP contribution in [0.1, 0.15) is 42.5 Å². The van der Waals surface area contributed by atoms with E-state index in [0.29, 0.717) is 6.04 Å². The van der Waals surface area contributed by atoms with Crippen molar-refractivity contribution in [2.45, 2.75) is 37.8 Å². The summed E-state index contributed by atoms with van der Waals surface area (Å²) in [6.45, 7) is 5.13. The highest BCUT2D eigenvalue weighted by Gasteiger charge is 2.36. The summed E-state index contributed by atoms with van der Waals surface area (Å²) >= 11 is 0. The van der Waals surface area contributed by atoms with Crippen LogP contribution in [0.5, 0.6) is 0 Å². The van der Waals surface area contributed by atoms with Gasteiger partial charge in [0.15, 0.2) is 0 Å². The Balaban J connectivity index is 1.61. The number of hydrogen-bond donors (Lipinski definition) is 0. The van der Waals surface area contributed by atoms with Crippen molar-refractivity contribution in [1.29, 1.82) is 5.26 Å². The van der Waals surface area contributed by atoms with Crippen molar-refractivity contribution >= 4 is 0 Å². The molecular formula is C23H29N3. The number of benzene rings is 2. The molecule has 0 spiro atoms. The zero-order valence-corrected chi connectivity index (χ0v) is 16.2. The van der Waals surface area contributed by atoms with E-state index in [9.17, 15) is 5.26 Å². The molecule has 3 rings (SSSR count). The van der Waals surface area contributed by atoms with Gasteiger partial charge in [-0.2, -0.15) is 5.26 Å². The maximum atomic E-state index is 9.83. The number of rotatable bonds is 5. The third-order valence-corrected chi connectivity index (χ3v) is 5.89. The summed E-state index contributed by atoms with van der Waals surface area (Å²) in [5, 5.41) is 9.83. The van der Waals surface area contributed by atoms with Crippen LogP contribution in [0.3, 0.4) is 0 Å². The first-order valence-electron chi connectivity index (χ1n) is 9.48. The molecule has 1 saturated heterocycles. The van der Waals surface area contributed by atoms with Crippen LogP contribution in [-0.4, -0.2) is 37.0 Å². The first-order valence-corrected chi connectivity index (χ1v) is 9.48. The van der Waals surface area contributed by atoms with Gasteiger partial charge in [0.1, 0.15) is 0 Å². The summed E-state index contributed by atoms with van der Waals surface area (Å²) in [6.07, 6.45) is 1.81. The third-order valence-electron chi connectivity index (χ3n) is 5.89. The minimum atomic E-state index is -0.317. The molecule has 1 aliphatic heterocycles.